The number of pyridine rings is 1. The zero-order valence-corrected chi connectivity index (χ0v) is 11.4. The monoisotopic (exact) mass is 273 g/mol. The first kappa shape index (κ1) is 12.8. The summed E-state index contributed by atoms with van der Waals surface area (Å²) in [6, 6.07) is 2.07. The first-order chi connectivity index (χ1) is 8.08. The van der Waals surface area contributed by atoms with Gasteiger partial charge in [-0.3, -0.25) is 0 Å². The number of anilines is 2. The second-order valence-electron chi connectivity index (χ2n) is 4.70. The number of nitrogens with two attached hydrogens (primary N) is 1. The molecule has 1 aliphatic carbocycles. The van der Waals surface area contributed by atoms with Gasteiger partial charge in [0, 0.05) is 6.04 Å². The van der Waals surface area contributed by atoms with Crippen molar-refractivity contribution in [3.8, 4) is 0 Å². The lowest BCUT2D eigenvalue weighted by molar-refractivity contribution is 0.349. The van der Waals surface area contributed by atoms with Crippen LogP contribution in [0.2, 0.25) is 10.0 Å². The number of nitrogens with zero attached hydrogens (tertiary/aromatic N) is 1. The van der Waals surface area contributed by atoms with Gasteiger partial charge in [-0.15, -0.1) is 0 Å². The molecule has 17 heavy (non-hydrogen) atoms. The number of hydrogen-bond acceptors (Lipinski definition) is 3. The van der Waals surface area contributed by atoms with E-state index in [1.165, 1.54) is 19.3 Å². The standard InChI is InChI=1S/C12H17Cl2N3/c1-7-4-2-3-5-10(7)16-12-9(14)6-8(13)11(15)17-12/h6-7,10H,2-5H2,1H3,(H3,15,16,17). The summed E-state index contributed by atoms with van der Waals surface area (Å²) in [6.45, 7) is 2.25. The van der Waals surface area contributed by atoms with E-state index in [1.807, 2.05) is 0 Å². The highest BCUT2D eigenvalue weighted by molar-refractivity contribution is 6.37. The lowest BCUT2D eigenvalue weighted by Crippen LogP contribution is -2.30. The van der Waals surface area contributed by atoms with Gasteiger partial charge in [0.25, 0.3) is 0 Å². The maximum Gasteiger partial charge on any atom is 0.147 e. The first-order valence-corrected chi connectivity index (χ1v) is 6.71. The van der Waals surface area contributed by atoms with Crippen molar-refractivity contribution in [3.05, 3.63) is 16.1 Å². The Kier molecular flexibility index (Phi) is 4.00. The molecule has 1 saturated carbocycles. The van der Waals surface area contributed by atoms with E-state index >= 15 is 0 Å². The van der Waals surface area contributed by atoms with Gasteiger partial charge < -0.3 is 11.1 Å². The molecule has 2 atom stereocenters. The molecule has 1 heterocycles. The van der Waals surface area contributed by atoms with E-state index in [2.05, 4.69) is 17.2 Å². The molecular weight excluding hydrogens is 257 g/mol. The molecule has 1 fully saturated rings. The largest absolute Gasteiger partial charge is 0.382 e. The summed E-state index contributed by atoms with van der Waals surface area (Å²) < 4.78 is 0. The third-order valence-corrected chi connectivity index (χ3v) is 3.98. The Morgan fingerprint density at radius 2 is 2.00 bits per heavy atom. The van der Waals surface area contributed by atoms with Crippen molar-refractivity contribution in [1.82, 2.24) is 4.98 Å². The van der Waals surface area contributed by atoms with Crippen LogP contribution in [0.3, 0.4) is 0 Å². The van der Waals surface area contributed by atoms with Crippen LogP contribution in [0.25, 0.3) is 0 Å². The predicted octanol–water partition coefficient (Wildman–Crippen LogP) is 3.96. The van der Waals surface area contributed by atoms with Gasteiger partial charge in [-0.25, -0.2) is 4.98 Å². The van der Waals surface area contributed by atoms with Crippen molar-refractivity contribution in [2.75, 3.05) is 11.1 Å². The van der Waals surface area contributed by atoms with E-state index in [4.69, 9.17) is 28.9 Å². The van der Waals surface area contributed by atoms with Crippen LogP contribution < -0.4 is 11.1 Å². The summed E-state index contributed by atoms with van der Waals surface area (Å²) in [5.41, 5.74) is 5.69. The van der Waals surface area contributed by atoms with Crippen LogP contribution in [0.15, 0.2) is 6.07 Å². The number of nitrogens with one attached hydrogen (secondary N) is 1. The Morgan fingerprint density at radius 3 is 2.71 bits per heavy atom. The van der Waals surface area contributed by atoms with E-state index in [-0.39, 0.29) is 0 Å². The number of halogens is 2. The molecule has 1 aliphatic rings. The van der Waals surface area contributed by atoms with Gasteiger partial charge in [-0.1, -0.05) is 43.0 Å². The minimum absolute atomic E-state index is 0.321. The molecule has 0 bridgehead atoms. The van der Waals surface area contributed by atoms with Gasteiger partial charge in [0.2, 0.25) is 0 Å². The van der Waals surface area contributed by atoms with E-state index in [0.29, 0.717) is 33.6 Å². The second kappa shape index (κ2) is 5.32. The zero-order chi connectivity index (χ0) is 12.4. The van der Waals surface area contributed by atoms with E-state index < -0.39 is 0 Å². The first-order valence-electron chi connectivity index (χ1n) is 5.96. The molecule has 0 aliphatic heterocycles. The van der Waals surface area contributed by atoms with Gasteiger partial charge >= 0.3 is 0 Å². The molecule has 5 heteroatoms. The number of nitrogen functional groups attached to an aromatic ring is 1. The fourth-order valence-corrected chi connectivity index (χ4v) is 2.70. The molecule has 94 valence electrons. The molecule has 0 aromatic carbocycles. The van der Waals surface area contributed by atoms with Gasteiger partial charge in [-0.05, 0) is 24.8 Å². The van der Waals surface area contributed by atoms with Crippen molar-refractivity contribution in [2.45, 2.75) is 38.6 Å². The van der Waals surface area contributed by atoms with Crippen LogP contribution in [0, 0.1) is 5.92 Å². The van der Waals surface area contributed by atoms with Crippen molar-refractivity contribution in [1.29, 1.82) is 0 Å². The highest BCUT2D eigenvalue weighted by Crippen LogP contribution is 2.31. The Morgan fingerprint density at radius 1 is 1.29 bits per heavy atom. The zero-order valence-electron chi connectivity index (χ0n) is 9.84. The lowest BCUT2D eigenvalue weighted by atomic mass is 9.86. The summed E-state index contributed by atoms with van der Waals surface area (Å²) in [5.74, 6) is 1.60. The fourth-order valence-electron chi connectivity index (χ4n) is 2.29. The average Bonchev–Trinajstić information content (AvgIpc) is 2.29. The van der Waals surface area contributed by atoms with Gasteiger partial charge in [0.1, 0.15) is 11.6 Å². The molecule has 0 saturated heterocycles. The summed E-state index contributed by atoms with van der Waals surface area (Å²) in [5, 5.41) is 4.32. The SMILES string of the molecule is CC1CCCCC1Nc1nc(N)c(Cl)cc1Cl. The number of hydrogen-bond donors (Lipinski definition) is 2. The molecule has 1 aromatic rings. The Hall–Kier alpha value is -0.670. The van der Waals surface area contributed by atoms with Crippen molar-refractivity contribution in [3.63, 3.8) is 0 Å². The van der Waals surface area contributed by atoms with E-state index in [1.54, 1.807) is 6.07 Å². The Labute approximate surface area is 112 Å². The molecule has 1 aromatic heterocycles. The molecule has 3 N–H and O–H groups in total. The maximum absolute atomic E-state index is 6.10. The summed E-state index contributed by atoms with van der Waals surface area (Å²) in [6.07, 6.45) is 4.96. The maximum atomic E-state index is 6.10. The normalized spacial score (nSPS) is 24.6. The third-order valence-electron chi connectivity index (χ3n) is 3.39. The number of rotatable bonds is 2. The minimum Gasteiger partial charge on any atom is -0.382 e. The molecule has 0 amide bonds. The quantitative estimate of drug-likeness (QED) is 0.858. The van der Waals surface area contributed by atoms with Crippen LogP contribution in [-0.2, 0) is 0 Å². The number of aromatic nitrogens is 1. The Bertz CT molecular complexity index is 409. The Balaban J connectivity index is 2.15. The summed E-state index contributed by atoms with van der Waals surface area (Å²) >= 11 is 12.0. The van der Waals surface area contributed by atoms with E-state index in [0.717, 1.165) is 6.42 Å². The van der Waals surface area contributed by atoms with Crippen LogP contribution in [0.4, 0.5) is 11.6 Å². The summed E-state index contributed by atoms with van der Waals surface area (Å²) in [4.78, 5) is 4.20. The molecule has 2 unspecified atom stereocenters. The topological polar surface area (TPSA) is 50.9 Å². The minimum atomic E-state index is 0.321. The molecule has 3 nitrogen and oxygen atoms in total. The van der Waals surface area contributed by atoms with Crippen molar-refractivity contribution >= 4 is 34.8 Å². The smallest absolute Gasteiger partial charge is 0.147 e. The lowest BCUT2D eigenvalue weighted by Gasteiger charge is -2.30. The van der Waals surface area contributed by atoms with Gasteiger partial charge in [0.05, 0.1) is 10.0 Å². The average molecular weight is 274 g/mol. The van der Waals surface area contributed by atoms with Crippen molar-refractivity contribution in [2.24, 2.45) is 5.92 Å². The van der Waals surface area contributed by atoms with Crippen molar-refractivity contribution < 1.29 is 0 Å². The molecule has 0 radical (unpaired) electrons. The molecular formula is C12H17Cl2N3. The predicted molar refractivity (Wildman–Crippen MR) is 73.7 cm³/mol. The van der Waals surface area contributed by atoms with Crippen LogP contribution >= 0.6 is 23.2 Å². The fraction of sp³-hybridized carbons (Fsp3) is 0.583. The van der Waals surface area contributed by atoms with Crippen LogP contribution in [0.5, 0.6) is 0 Å². The third kappa shape index (κ3) is 2.96. The van der Waals surface area contributed by atoms with Crippen LogP contribution in [0.1, 0.15) is 32.6 Å². The van der Waals surface area contributed by atoms with Crippen LogP contribution in [-0.4, -0.2) is 11.0 Å². The van der Waals surface area contributed by atoms with E-state index in [9.17, 15) is 0 Å². The summed E-state index contributed by atoms with van der Waals surface area (Å²) in [7, 11) is 0. The second-order valence-corrected chi connectivity index (χ2v) is 5.51. The highest BCUT2D eigenvalue weighted by atomic mass is 35.5. The molecule has 2 rings (SSSR count). The highest BCUT2D eigenvalue weighted by Gasteiger charge is 2.22. The van der Waals surface area contributed by atoms with Gasteiger partial charge in [0.15, 0.2) is 0 Å². The van der Waals surface area contributed by atoms with Gasteiger partial charge in [-0.2, -0.15) is 0 Å². The molecule has 0 spiro atoms.